The Labute approximate surface area is 179 Å². The number of nitrogens with one attached hydrogen (secondary N) is 2. The van der Waals surface area contributed by atoms with Crippen LogP contribution in [0.4, 0.5) is 5.13 Å². The van der Waals surface area contributed by atoms with Crippen molar-refractivity contribution in [2.24, 2.45) is 0 Å². The van der Waals surface area contributed by atoms with Crippen molar-refractivity contribution in [1.29, 1.82) is 0 Å². The Morgan fingerprint density at radius 2 is 1.61 bits per heavy atom. The van der Waals surface area contributed by atoms with Crippen LogP contribution in [0.25, 0.3) is 26.8 Å². The predicted octanol–water partition coefficient (Wildman–Crippen LogP) is 3.09. The van der Waals surface area contributed by atoms with E-state index in [-0.39, 0.29) is 15.7 Å². The van der Waals surface area contributed by atoms with Gasteiger partial charge in [0, 0.05) is 0 Å². The summed E-state index contributed by atoms with van der Waals surface area (Å²) in [6, 6.07) is 19.5. The van der Waals surface area contributed by atoms with Gasteiger partial charge >= 0.3 is 5.69 Å². The maximum absolute atomic E-state index is 12.8. The first-order chi connectivity index (χ1) is 14.9. The van der Waals surface area contributed by atoms with Crippen molar-refractivity contribution >= 4 is 47.6 Å². The van der Waals surface area contributed by atoms with Gasteiger partial charge in [0.25, 0.3) is 15.6 Å². The number of benzene rings is 3. The minimum absolute atomic E-state index is 0.0132. The standard InChI is InChI=1S/C21H14N4O4S2/c26-19-15-5-1-2-6-16(15)23-21(27)25(19)13-9-11-14(12-10-13)31(28,29)24-20-22-17-7-3-4-8-18(17)30-20/h1-12H,(H,22,24)(H,23,27). The van der Waals surface area contributed by atoms with Crippen LogP contribution in [0.2, 0.25) is 0 Å². The van der Waals surface area contributed by atoms with Crippen molar-refractivity contribution in [3.8, 4) is 5.69 Å². The summed E-state index contributed by atoms with van der Waals surface area (Å²) in [7, 11) is -3.89. The van der Waals surface area contributed by atoms with E-state index in [1.807, 2.05) is 18.2 Å². The summed E-state index contributed by atoms with van der Waals surface area (Å²) in [6.07, 6.45) is 0. The summed E-state index contributed by atoms with van der Waals surface area (Å²) in [6.45, 7) is 0. The highest BCUT2D eigenvalue weighted by Crippen LogP contribution is 2.27. The summed E-state index contributed by atoms with van der Waals surface area (Å²) in [5.74, 6) is 0. The number of thiazole rings is 1. The highest BCUT2D eigenvalue weighted by Gasteiger charge is 2.17. The van der Waals surface area contributed by atoms with E-state index in [1.165, 1.54) is 35.6 Å². The van der Waals surface area contributed by atoms with Crippen LogP contribution in [0, 0.1) is 0 Å². The predicted molar refractivity (Wildman–Crippen MR) is 121 cm³/mol. The van der Waals surface area contributed by atoms with Gasteiger partial charge in [-0.3, -0.25) is 9.52 Å². The lowest BCUT2D eigenvalue weighted by molar-refractivity contribution is 0.601. The number of aromatic amines is 1. The number of rotatable bonds is 4. The Kier molecular flexibility index (Phi) is 4.45. The van der Waals surface area contributed by atoms with Gasteiger partial charge < -0.3 is 4.98 Å². The Balaban J connectivity index is 1.50. The average molecular weight is 451 g/mol. The number of sulfonamides is 1. The summed E-state index contributed by atoms with van der Waals surface area (Å²) in [4.78, 5) is 32.1. The fourth-order valence-electron chi connectivity index (χ4n) is 3.26. The van der Waals surface area contributed by atoms with E-state index in [0.29, 0.717) is 16.4 Å². The van der Waals surface area contributed by atoms with E-state index >= 15 is 0 Å². The third kappa shape index (κ3) is 3.41. The maximum Gasteiger partial charge on any atom is 0.333 e. The molecule has 2 aromatic heterocycles. The number of aromatic nitrogens is 3. The molecule has 0 aliphatic heterocycles. The van der Waals surface area contributed by atoms with Crippen LogP contribution in [0.1, 0.15) is 0 Å². The van der Waals surface area contributed by atoms with Crippen LogP contribution in [0.5, 0.6) is 0 Å². The summed E-state index contributed by atoms with van der Waals surface area (Å²) < 4.78 is 29.8. The molecular formula is C21H14N4O4S2. The number of hydrogen-bond acceptors (Lipinski definition) is 6. The molecule has 5 rings (SSSR count). The van der Waals surface area contributed by atoms with Gasteiger partial charge in [-0.05, 0) is 48.5 Å². The third-order valence-corrected chi connectivity index (χ3v) is 7.16. The number of anilines is 1. The number of fused-ring (bicyclic) bond motifs is 2. The summed E-state index contributed by atoms with van der Waals surface area (Å²) >= 11 is 1.23. The van der Waals surface area contributed by atoms with E-state index in [2.05, 4.69) is 14.7 Å². The van der Waals surface area contributed by atoms with Crippen LogP contribution < -0.4 is 16.0 Å². The van der Waals surface area contributed by atoms with Gasteiger partial charge in [-0.2, -0.15) is 0 Å². The first-order valence-corrected chi connectivity index (χ1v) is 11.5. The zero-order valence-electron chi connectivity index (χ0n) is 15.8. The molecule has 2 heterocycles. The lowest BCUT2D eigenvalue weighted by atomic mass is 10.2. The van der Waals surface area contributed by atoms with Gasteiger partial charge in [0.05, 0.1) is 31.7 Å². The minimum atomic E-state index is -3.89. The smallest absolute Gasteiger partial charge is 0.306 e. The van der Waals surface area contributed by atoms with E-state index in [9.17, 15) is 18.0 Å². The molecule has 2 N–H and O–H groups in total. The molecule has 0 spiro atoms. The molecule has 154 valence electrons. The van der Waals surface area contributed by atoms with E-state index in [1.54, 1.807) is 30.3 Å². The third-order valence-electron chi connectivity index (χ3n) is 4.73. The second kappa shape index (κ2) is 7.18. The molecule has 0 aliphatic carbocycles. The zero-order chi connectivity index (χ0) is 21.6. The van der Waals surface area contributed by atoms with Crippen LogP contribution in [-0.2, 0) is 10.0 Å². The normalized spacial score (nSPS) is 11.7. The fraction of sp³-hybridized carbons (Fsp3) is 0. The van der Waals surface area contributed by atoms with E-state index < -0.39 is 21.3 Å². The van der Waals surface area contributed by atoms with Crippen molar-refractivity contribution in [2.75, 3.05) is 4.72 Å². The quantitative estimate of drug-likeness (QED) is 0.437. The minimum Gasteiger partial charge on any atom is -0.306 e. The van der Waals surface area contributed by atoms with Gasteiger partial charge in [-0.15, -0.1) is 0 Å². The van der Waals surface area contributed by atoms with Crippen molar-refractivity contribution in [3.63, 3.8) is 0 Å². The lowest BCUT2D eigenvalue weighted by Gasteiger charge is -2.08. The Bertz CT molecular complexity index is 1630. The second-order valence-electron chi connectivity index (χ2n) is 6.70. The molecule has 0 aliphatic rings. The molecule has 0 saturated heterocycles. The molecule has 31 heavy (non-hydrogen) atoms. The second-order valence-corrected chi connectivity index (χ2v) is 9.42. The molecule has 0 amide bonds. The van der Waals surface area contributed by atoms with Crippen molar-refractivity contribution < 1.29 is 8.42 Å². The van der Waals surface area contributed by atoms with Crippen LogP contribution in [-0.4, -0.2) is 23.0 Å². The van der Waals surface area contributed by atoms with Gasteiger partial charge in [0.1, 0.15) is 0 Å². The molecule has 0 atom stereocenters. The monoisotopic (exact) mass is 450 g/mol. The van der Waals surface area contributed by atoms with Gasteiger partial charge in [0.15, 0.2) is 5.13 Å². The first-order valence-electron chi connectivity index (χ1n) is 9.15. The summed E-state index contributed by atoms with van der Waals surface area (Å²) in [5, 5.41) is 0.615. The largest absolute Gasteiger partial charge is 0.333 e. The topological polar surface area (TPSA) is 114 Å². The van der Waals surface area contributed by atoms with E-state index in [4.69, 9.17) is 0 Å². The highest BCUT2D eigenvalue weighted by atomic mass is 32.2. The van der Waals surface area contributed by atoms with Crippen LogP contribution >= 0.6 is 11.3 Å². The lowest BCUT2D eigenvalue weighted by Crippen LogP contribution is -2.33. The van der Waals surface area contributed by atoms with E-state index in [0.717, 1.165) is 9.27 Å². The molecule has 0 bridgehead atoms. The van der Waals surface area contributed by atoms with Crippen molar-refractivity contribution in [2.45, 2.75) is 4.90 Å². The van der Waals surface area contributed by atoms with Crippen molar-refractivity contribution in [3.05, 3.63) is 93.6 Å². The molecule has 0 saturated carbocycles. The Hall–Kier alpha value is -3.76. The molecule has 3 aromatic carbocycles. The Morgan fingerprint density at radius 1 is 0.903 bits per heavy atom. The van der Waals surface area contributed by atoms with Crippen LogP contribution in [0.15, 0.2) is 87.3 Å². The van der Waals surface area contributed by atoms with Crippen molar-refractivity contribution in [1.82, 2.24) is 14.5 Å². The Morgan fingerprint density at radius 3 is 2.39 bits per heavy atom. The molecule has 5 aromatic rings. The number of H-pyrrole nitrogens is 1. The van der Waals surface area contributed by atoms with Gasteiger partial charge in [-0.1, -0.05) is 35.6 Å². The fourth-order valence-corrected chi connectivity index (χ4v) is 5.36. The molecule has 10 heteroatoms. The molecule has 8 nitrogen and oxygen atoms in total. The molecule has 0 fully saturated rings. The SMILES string of the molecule is O=c1[nH]c2ccccc2c(=O)n1-c1ccc(S(=O)(=O)Nc2nc3ccccc3s2)cc1. The zero-order valence-corrected chi connectivity index (χ0v) is 17.4. The number of para-hydroxylation sites is 2. The highest BCUT2D eigenvalue weighted by molar-refractivity contribution is 7.93. The number of hydrogen-bond donors (Lipinski definition) is 2. The molecular weight excluding hydrogens is 436 g/mol. The average Bonchev–Trinajstić information content (AvgIpc) is 3.15. The summed E-state index contributed by atoms with van der Waals surface area (Å²) in [5.41, 5.74) is 0.314. The molecule has 0 unspecified atom stereocenters. The number of nitrogens with zero attached hydrogens (tertiary/aromatic N) is 2. The first kappa shape index (κ1) is 19.2. The van der Waals surface area contributed by atoms with Crippen LogP contribution in [0.3, 0.4) is 0 Å². The van der Waals surface area contributed by atoms with Gasteiger partial charge in [0.2, 0.25) is 0 Å². The molecule has 0 radical (unpaired) electrons. The maximum atomic E-state index is 12.8. The van der Waals surface area contributed by atoms with Gasteiger partial charge in [-0.25, -0.2) is 22.8 Å².